The van der Waals surface area contributed by atoms with Crippen LogP contribution in [-0.2, 0) is 9.59 Å². The van der Waals surface area contributed by atoms with Gasteiger partial charge in [0.2, 0.25) is 5.91 Å². The second kappa shape index (κ2) is 6.52. The van der Waals surface area contributed by atoms with Gasteiger partial charge in [-0.15, -0.1) is 0 Å². The SMILES string of the molecule is Cc1ccc([N+](=O)[O-])cc1NC(=O)CN1CCC(C(=O)O)C1. The van der Waals surface area contributed by atoms with Gasteiger partial charge in [-0.1, -0.05) is 6.07 Å². The number of nitrogens with zero attached hydrogens (tertiary/aromatic N) is 2. The number of aliphatic carboxylic acids is 1. The fraction of sp³-hybridized carbons (Fsp3) is 0.429. The number of hydrogen-bond acceptors (Lipinski definition) is 5. The van der Waals surface area contributed by atoms with Gasteiger partial charge in [-0.3, -0.25) is 24.6 Å². The molecule has 1 atom stereocenters. The van der Waals surface area contributed by atoms with Crippen LogP contribution in [0.1, 0.15) is 12.0 Å². The van der Waals surface area contributed by atoms with Crippen LogP contribution >= 0.6 is 0 Å². The summed E-state index contributed by atoms with van der Waals surface area (Å²) >= 11 is 0. The largest absolute Gasteiger partial charge is 0.481 e. The summed E-state index contributed by atoms with van der Waals surface area (Å²) in [4.78, 5) is 34.9. The summed E-state index contributed by atoms with van der Waals surface area (Å²) in [7, 11) is 0. The van der Waals surface area contributed by atoms with E-state index < -0.39 is 16.8 Å². The number of rotatable bonds is 5. The number of benzene rings is 1. The minimum absolute atomic E-state index is 0.0753. The van der Waals surface area contributed by atoms with Crippen LogP contribution in [0.4, 0.5) is 11.4 Å². The molecule has 2 rings (SSSR count). The Hall–Kier alpha value is -2.48. The van der Waals surface area contributed by atoms with Crippen LogP contribution in [-0.4, -0.2) is 46.4 Å². The number of aryl methyl sites for hydroxylation is 1. The summed E-state index contributed by atoms with van der Waals surface area (Å²) in [5.41, 5.74) is 1.03. The maximum absolute atomic E-state index is 12.0. The Balaban J connectivity index is 1.96. The summed E-state index contributed by atoms with van der Waals surface area (Å²) in [6, 6.07) is 4.27. The minimum atomic E-state index is -0.850. The Labute approximate surface area is 126 Å². The van der Waals surface area contributed by atoms with Crippen LogP contribution in [0.15, 0.2) is 18.2 Å². The molecule has 1 heterocycles. The summed E-state index contributed by atoms with van der Waals surface area (Å²) < 4.78 is 0. The lowest BCUT2D eigenvalue weighted by Gasteiger charge is -2.15. The molecule has 1 aromatic rings. The number of hydrogen-bond donors (Lipinski definition) is 2. The van der Waals surface area contributed by atoms with E-state index >= 15 is 0 Å². The Morgan fingerprint density at radius 1 is 1.50 bits per heavy atom. The van der Waals surface area contributed by atoms with Crippen LogP contribution < -0.4 is 5.32 Å². The van der Waals surface area contributed by atoms with Crippen molar-refractivity contribution in [3.63, 3.8) is 0 Å². The van der Waals surface area contributed by atoms with Crippen molar-refractivity contribution in [3.05, 3.63) is 33.9 Å². The van der Waals surface area contributed by atoms with Gasteiger partial charge in [0.15, 0.2) is 0 Å². The van der Waals surface area contributed by atoms with E-state index in [2.05, 4.69) is 5.32 Å². The number of anilines is 1. The van der Waals surface area contributed by atoms with Crippen molar-refractivity contribution in [1.29, 1.82) is 0 Å². The summed E-state index contributed by atoms with van der Waals surface area (Å²) in [6.07, 6.45) is 0.526. The number of nitro benzene ring substituents is 1. The van der Waals surface area contributed by atoms with Crippen molar-refractivity contribution in [2.24, 2.45) is 5.92 Å². The number of carbonyl (C=O) groups is 2. The molecule has 0 saturated carbocycles. The lowest BCUT2D eigenvalue weighted by molar-refractivity contribution is -0.384. The zero-order valence-corrected chi connectivity index (χ0v) is 12.1. The van der Waals surface area contributed by atoms with E-state index in [1.54, 1.807) is 17.9 Å². The second-order valence-electron chi connectivity index (χ2n) is 5.36. The number of amides is 1. The lowest BCUT2D eigenvalue weighted by atomic mass is 10.1. The third-order valence-corrected chi connectivity index (χ3v) is 3.69. The maximum atomic E-state index is 12.0. The second-order valence-corrected chi connectivity index (χ2v) is 5.36. The smallest absolute Gasteiger partial charge is 0.307 e. The highest BCUT2D eigenvalue weighted by Gasteiger charge is 2.29. The van der Waals surface area contributed by atoms with Crippen LogP contribution in [0, 0.1) is 23.0 Å². The van der Waals surface area contributed by atoms with Gasteiger partial charge in [0.25, 0.3) is 5.69 Å². The Kier molecular flexibility index (Phi) is 4.71. The van der Waals surface area contributed by atoms with E-state index in [9.17, 15) is 19.7 Å². The predicted octanol–water partition coefficient (Wildman–Crippen LogP) is 1.25. The fourth-order valence-electron chi connectivity index (χ4n) is 2.43. The zero-order chi connectivity index (χ0) is 16.3. The molecular formula is C14H17N3O5. The molecule has 1 aliphatic rings. The monoisotopic (exact) mass is 307 g/mol. The average Bonchev–Trinajstić information content (AvgIpc) is 2.89. The molecule has 22 heavy (non-hydrogen) atoms. The highest BCUT2D eigenvalue weighted by molar-refractivity contribution is 5.93. The molecule has 1 amide bonds. The third kappa shape index (κ3) is 3.79. The molecule has 118 valence electrons. The summed E-state index contributed by atoms with van der Waals surface area (Å²) in [5, 5.41) is 22.3. The van der Waals surface area contributed by atoms with Gasteiger partial charge in [-0.05, 0) is 25.5 Å². The molecule has 1 unspecified atom stereocenters. The van der Waals surface area contributed by atoms with Gasteiger partial charge in [-0.2, -0.15) is 0 Å². The first-order chi connectivity index (χ1) is 10.4. The molecular weight excluding hydrogens is 290 g/mol. The number of likely N-dealkylation sites (tertiary alicyclic amines) is 1. The van der Waals surface area contributed by atoms with Gasteiger partial charge in [-0.25, -0.2) is 0 Å². The zero-order valence-electron chi connectivity index (χ0n) is 12.1. The molecule has 2 N–H and O–H groups in total. The van der Waals surface area contributed by atoms with Crippen LogP contribution in [0.3, 0.4) is 0 Å². The van der Waals surface area contributed by atoms with Crippen LogP contribution in [0.5, 0.6) is 0 Å². The van der Waals surface area contributed by atoms with Gasteiger partial charge in [0.1, 0.15) is 0 Å². The topological polar surface area (TPSA) is 113 Å². The van der Waals surface area contributed by atoms with Gasteiger partial charge < -0.3 is 10.4 Å². The minimum Gasteiger partial charge on any atom is -0.481 e. The maximum Gasteiger partial charge on any atom is 0.307 e. The highest BCUT2D eigenvalue weighted by atomic mass is 16.6. The van der Waals surface area contributed by atoms with E-state index in [4.69, 9.17) is 5.11 Å². The normalized spacial score (nSPS) is 18.1. The van der Waals surface area contributed by atoms with Gasteiger partial charge >= 0.3 is 5.97 Å². The molecule has 0 radical (unpaired) electrons. The Bertz CT molecular complexity index is 616. The Morgan fingerprint density at radius 3 is 2.82 bits per heavy atom. The lowest BCUT2D eigenvalue weighted by Crippen LogP contribution is -2.32. The standard InChI is InChI=1S/C14H17N3O5/c1-9-2-3-11(17(21)22)6-12(9)15-13(18)8-16-5-4-10(7-16)14(19)20/h2-3,6,10H,4-5,7-8H2,1H3,(H,15,18)(H,19,20). The molecule has 0 aliphatic carbocycles. The van der Waals surface area contributed by atoms with E-state index in [1.807, 2.05) is 0 Å². The van der Waals surface area contributed by atoms with E-state index in [-0.39, 0.29) is 18.1 Å². The van der Waals surface area contributed by atoms with Crippen LogP contribution in [0.25, 0.3) is 0 Å². The predicted molar refractivity (Wildman–Crippen MR) is 78.6 cm³/mol. The van der Waals surface area contributed by atoms with E-state index in [0.717, 1.165) is 5.56 Å². The first-order valence-electron chi connectivity index (χ1n) is 6.87. The molecule has 8 nitrogen and oxygen atoms in total. The van der Waals surface area contributed by atoms with E-state index in [0.29, 0.717) is 25.2 Å². The van der Waals surface area contributed by atoms with Crippen molar-refractivity contribution in [2.75, 3.05) is 25.0 Å². The number of non-ortho nitro benzene ring substituents is 1. The number of nitro groups is 1. The van der Waals surface area contributed by atoms with Crippen molar-refractivity contribution in [2.45, 2.75) is 13.3 Å². The van der Waals surface area contributed by atoms with Crippen molar-refractivity contribution < 1.29 is 19.6 Å². The van der Waals surface area contributed by atoms with Crippen molar-refractivity contribution in [1.82, 2.24) is 4.90 Å². The van der Waals surface area contributed by atoms with E-state index in [1.165, 1.54) is 12.1 Å². The van der Waals surface area contributed by atoms with Crippen molar-refractivity contribution in [3.8, 4) is 0 Å². The summed E-state index contributed by atoms with van der Waals surface area (Å²) in [5.74, 6) is -1.60. The first-order valence-corrected chi connectivity index (χ1v) is 6.87. The van der Waals surface area contributed by atoms with Gasteiger partial charge in [0.05, 0.1) is 23.1 Å². The average molecular weight is 307 g/mol. The highest BCUT2D eigenvalue weighted by Crippen LogP contribution is 2.22. The molecule has 0 spiro atoms. The molecule has 0 aromatic heterocycles. The molecule has 1 aliphatic heterocycles. The third-order valence-electron chi connectivity index (χ3n) is 3.69. The van der Waals surface area contributed by atoms with Crippen molar-refractivity contribution >= 4 is 23.3 Å². The molecule has 1 aromatic carbocycles. The molecule has 8 heteroatoms. The quantitative estimate of drug-likeness (QED) is 0.625. The van der Waals surface area contributed by atoms with Gasteiger partial charge in [0, 0.05) is 18.7 Å². The number of carboxylic acids is 1. The first kappa shape index (κ1) is 15.9. The molecule has 1 fully saturated rings. The Morgan fingerprint density at radius 2 is 2.23 bits per heavy atom. The fourth-order valence-corrected chi connectivity index (χ4v) is 2.43. The summed E-state index contributed by atoms with van der Waals surface area (Å²) in [6.45, 7) is 2.72. The number of carbonyl (C=O) groups excluding carboxylic acids is 1. The molecule has 1 saturated heterocycles. The number of nitrogens with one attached hydrogen (secondary N) is 1. The number of carboxylic acid groups (broad SMARTS) is 1. The van der Waals surface area contributed by atoms with Crippen LogP contribution in [0.2, 0.25) is 0 Å². The molecule has 0 bridgehead atoms.